The largest absolute Gasteiger partial charge is 0.294 e. The van der Waals surface area contributed by atoms with E-state index in [0.717, 1.165) is 36.0 Å². The molecule has 0 aromatic heterocycles. The number of rotatable bonds is 4. The van der Waals surface area contributed by atoms with Crippen molar-refractivity contribution in [3.8, 4) is 0 Å². The molecule has 0 radical (unpaired) electrons. The number of hydrogen-bond acceptors (Lipinski definition) is 2. The van der Waals surface area contributed by atoms with E-state index in [4.69, 9.17) is 0 Å². The Morgan fingerprint density at radius 2 is 1.26 bits per heavy atom. The predicted molar refractivity (Wildman–Crippen MR) is 170 cm³/mol. The van der Waals surface area contributed by atoms with Gasteiger partial charge in [0.15, 0.2) is 11.6 Å². The van der Waals surface area contributed by atoms with Crippen LogP contribution in [0, 0.1) is 29.6 Å². The third-order valence-corrected chi connectivity index (χ3v) is 11.1. The Labute approximate surface area is 250 Å². The number of carbonyl (C=O) groups excluding carboxylic acids is 2. The second-order valence-corrected chi connectivity index (χ2v) is 14.0. The highest BCUT2D eigenvalue weighted by atomic mass is 16.1. The Balaban J connectivity index is 1.18. The Hall–Kier alpha value is -3.78. The quantitative estimate of drug-likeness (QED) is 0.304. The van der Waals surface area contributed by atoms with Crippen LogP contribution in [0.15, 0.2) is 109 Å². The minimum Gasteiger partial charge on any atom is -0.294 e. The van der Waals surface area contributed by atoms with E-state index in [2.05, 4.69) is 101 Å². The van der Waals surface area contributed by atoms with Crippen LogP contribution in [0.2, 0.25) is 0 Å². The van der Waals surface area contributed by atoms with Crippen LogP contribution in [-0.4, -0.2) is 11.6 Å². The molecule has 0 N–H and O–H groups in total. The molecule has 0 amide bonds. The highest BCUT2D eigenvalue weighted by molar-refractivity contribution is 6.03. The lowest BCUT2D eigenvalue weighted by Crippen LogP contribution is -2.45. The van der Waals surface area contributed by atoms with Gasteiger partial charge in [-0.15, -0.1) is 0 Å². The van der Waals surface area contributed by atoms with Crippen LogP contribution < -0.4 is 0 Å². The van der Waals surface area contributed by atoms with Gasteiger partial charge in [-0.1, -0.05) is 136 Å². The fraction of sp³-hybridized carbons (Fsp3) is 0.350. The number of fused-ring (bicyclic) bond motifs is 4. The first-order chi connectivity index (χ1) is 20.2. The summed E-state index contributed by atoms with van der Waals surface area (Å²) in [7, 11) is 0. The Morgan fingerprint density at radius 1 is 0.667 bits per heavy atom. The van der Waals surface area contributed by atoms with Crippen molar-refractivity contribution in [2.24, 2.45) is 29.6 Å². The van der Waals surface area contributed by atoms with E-state index in [-0.39, 0.29) is 40.3 Å². The molecule has 4 aliphatic rings. The summed E-state index contributed by atoms with van der Waals surface area (Å²) < 4.78 is 0. The molecule has 0 bridgehead atoms. The average Bonchev–Trinajstić information content (AvgIpc) is 3.01. The third kappa shape index (κ3) is 4.14. The topological polar surface area (TPSA) is 34.1 Å². The molecule has 2 heteroatoms. The lowest BCUT2D eigenvalue weighted by molar-refractivity contribution is 0.0731. The van der Waals surface area contributed by atoms with Gasteiger partial charge in [-0.2, -0.15) is 0 Å². The molecule has 0 fully saturated rings. The molecule has 0 saturated carbocycles. The monoisotopic (exact) mass is 552 g/mol. The number of hydrogen-bond donors (Lipinski definition) is 0. The molecule has 4 aliphatic carbocycles. The molecular weight excluding hydrogens is 512 g/mol. The summed E-state index contributed by atoms with van der Waals surface area (Å²) in [5, 5.41) is 0. The molecule has 7 rings (SSSR count). The molecular formula is C40H40O2. The van der Waals surface area contributed by atoms with E-state index >= 15 is 0 Å². The van der Waals surface area contributed by atoms with Gasteiger partial charge in [-0.3, -0.25) is 9.59 Å². The summed E-state index contributed by atoms with van der Waals surface area (Å²) in [6, 6.07) is 25.4. The van der Waals surface area contributed by atoms with E-state index < -0.39 is 0 Å². The molecule has 5 atom stereocenters. The first-order valence-electron chi connectivity index (χ1n) is 15.6. The lowest BCUT2D eigenvalue weighted by Gasteiger charge is -2.45. The summed E-state index contributed by atoms with van der Waals surface area (Å²) in [5.41, 5.74) is 7.44. The van der Waals surface area contributed by atoms with Crippen molar-refractivity contribution >= 4 is 11.6 Å². The van der Waals surface area contributed by atoms with Gasteiger partial charge >= 0.3 is 0 Å². The molecule has 3 aromatic carbocycles. The van der Waals surface area contributed by atoms with Crippen molar-refractivity contribution in [3.05, 3.63) is 142 Å². The maximum absolute atomic E-state index is 13.8. The maximum Gasteiger partial charge on any atom is 0.170 e. The van der Waals surface area contributed by atoms with Gasteiger partial charge in [0.1, 0.15) is 0 Å². The smallest absolute Gasteiger partial charge is 0.170 e. The Bertz CT molecular complexity index is 1630. The minimum absolute atomic E-state index is 0.00814. The standard InChI is InChI=1S/C40H40O2/c1-39(2,33-17-9-13-27-23-25-11-5-7-15-31(25)37(41)35(27)33)29-19-21-30(22-20-29)40(3,4)34-18-10-14-28-24-26-12-6-8-16-32(26)38(42)36(28)34/h5-13,15-22,28,33-36H,14,23-24H2,1-4H3. The van der Waals surface area contributed by atoms with E-state index in [0.29, 0.717) is 11.7 Å². The highest BCUT2D eigenvalue weighted by Gasteiger charge is 2.47. The normalized spacial score (nSPS) is 26.6. The molecule has 0 heterocycles. The molecule has 42 heavy (non-hydrogen) atoms. The zero-order chi connectivity index (χ0) is 29.2. The van der Waals surface area contributed by atoms with Gasteiger partial charge in [-0.25, -0.2) is 0 Å². The van der Waals surface area contributed by atoms with Crippen molar-refractivity contribution < 1.29 is 9.59 Å². The van der Waals surface area contributed by atoms with E-state index in [1.807, 2.05) is 30.3 Å². The van der Waals surface area contributed by atoms with E-state index in [1.54, 1.807) is 0 Å². The van der Waals surface area contributed by atoms with Crippen LogP contribution in [0.3, 0.4) is 0 Å². The van der Waals surface area contributed by atoms with E-state index in [1.165, 1.54) is 22.3 Å². The second kappa shape index (κ2) is 9.90. The van der Waals surface area contributed by atoms with E-state index in [9.17, 15) is 9.59 Å². The predicted octanol–water partition coefficient (Wildman–Crippen LogP) is 8.66. The van der Waals surface area contributed by atoms with Crippen LogP contribution >= 0.6 is 0 Å². The van der Waals surface area contributed by atoms with Gasteiger partial charge in [0, 0.05) is 23.0 Å². The van der Waals surface area contributed by atoms with Crippen molar-refractivity contribution in [1.82, 2.24) is 0 Å². The zero-order valence-corrected chi connectivity index (χ0v) is 25.1. The number of Topliss-reactive ketones (excluding diaryl/α,β-unsaturated/α-hetero) is 2. The molecule has 5 unspecified atom stereocenters. The van der Waals surface area contributed by atoms with Gasteiger partial charge in [-0.05, 0) is 64.2 Å². The zero-order valence-electron chi connectivity index (χ0n) is 25.1. The maximum atomic E-state index is 13.8. The van der Waals surface area contributed by atoms with Gasteiger partial charge < -0.3 is 0 Å². The first kappa shape index (κ1) is 27.1. The first-order valence-corrected chi connectivity index (χ1v) is 15.6. The van der Waals surface area contributed by atoms with Crippen molar-refractivity contribution in [2.75, 3.05) is 0 Å². The molecule has 0 aliphatic heterocycles. The molecule has 212 valence electrons. The second-order valence-electron chi connectivity index (χ2n) is 14.0. The molecule has 0 saturated heterocycles. The van der Waals surface area contributed by atoms with Crippen LogP contribution in [0.4, 0.5) is 0 Å². The van der Waals surface area contributed by atoms with Crippen molar-refractivity contribution in [2.45, 2.75) is 57.8 Å². The summed E-state index contributed by atoms with van der Waals surface area (Å²) in [4.78, 5) is 27.7. The van der Waals surface area contributed by atoms with Gasteiger partial charge in [0.05, 0.1) is 5.92 Å². The number of carbonyl (C=O) groups is 2. The van der Waals surface area contributed by atoms with Crippen LogP contribution in [0.1, 0.15) is 77.1 Å². The van der Waals surface area contributed by atoms with Crippen molar-refractivity contribution in [1.29, 1.82) is 0 Å². The molecule has 0 spiro atoms. The minimum atomic E-state index is -0.232. The summed E-state index contributed by atoms with van der Waals surface area (Å²) in [6.07, 6.45) is 14.0. The van der Waals surface area contributed by atoms with Crippen molar-refractivity contribution in [3.63, 3.8) is 0 Å². The third-order valence-electron chi connectivity index (χ3n) is 11.1. The summed E-state index contributed by atoms with van der Waals surface area (Å²) >= 11 is 0. The Morgan fingerprint density at radius 3 is 1.95 bits per heavy atom. The fourth-order valence-electron chi connectivity index (χ4n) is 8.56. The van der Waals surface area contributed by atoms with Gasteiger partial charge in [0.2, 0.25) is 0 Å². The number of ketones is 2. The fourth-order valence-corrected chi connectivity index (χ4v) is 8.56. The number of benzene rings is 3. The van der Waals surface area contributed by atoms with Crippen LogP contribution in [0.5, 0.6) is 0 Å². The number of allylic oxidation sites excluding steroid dienone is 6. The van der Waals surface area contributed by atoms with Crippen LogP contribution in [0.25, 0.3) is 0 Å². The molecule has 3 aromatic rings. The lowest BCUT2D eigenvalue weighted by atomic mass is 9.57. The SMILES string of the molecule is CC(C)(c1ccc(C(C)(C)C2C=CCC3Cc4ccccc4C(=O)C32)cc1)C1C=CC=C2Cc3ccccc3C(=O)C21. The van der Waals surface area contributed by atoms with Crippen LogP contribution in [-0.2, 0) is 23.7 Å². The average molecular weight is 553 g/mol. The Kier molecular flexibility index (Phi) is 6.38. The molecule has 2 nitrogen and oxygen atoms in total. The van der Waals surface area contributed by atoms with Gasteiger partial charge in [0.25, 0.3) is 0 Å². The summed E-state index contributed by atoms with van der Waals surface area (Å²) in [6.45, 7) is 9.17. The highest BCUT2D eigenvalue weighted by Crippen LogP contribution is 2.49. The summed E-state index contributed by atoms with van der Waals surface area (Å²) in [5.74, 6) is 1.03.